The molecule has 35 heavy (non-hydrogen) atoms. The van der Waals surface area contributed by atoms with Crippen LogP contribution in [-0.4, -0.2) is 32.8 Å². The van der Waals surface area contributed by atoms with Crippen LogP contribution in [-0.2, 0) is 22.7 Å². The number of hydrogen-bond acceptors (Lipinski definition) is 5. The number of anilines is 1. The van der Waals surface area contributed by atoms with E-state index in [1.165, 1.54) is 29.2 Å². The Balaban J connectivity index is 1.50. The average molecular weight is 489 g/mol. The Morgan fingerprint density at radius 2 is 1.86 bits per heavy atom. The first kappa shape index (κ1) is 24.3. The molecule has 4 aromatic rings. The van der Waals surface area contributed by atoms with E-state index in [4.69, 9.17) is 0 Å². The number of hydrogen-bond donors (Lipinski definition) is 1. The van der Waals surface area contributed by atoms with Gasteiger partial charge >= 0.3 is 0 Å². The minimum absolute atomic E-state index is 0.0191. The fourth-order valence-corrected chi connectivity index (χ4v) is 4.85. The highest BCUT2D eigenvalue weighted by Gasteiger charge is 2.15. The molecule has 1 N–H and O–H groups in total. The maximum Gasteiger partial charge on any atom is 0.262 e. The number of para-hydroxylation sites is 1. The van der Waals surface area contributed by atoms with Gasteiger partial charge in [-0.15, -0.1) is 11.3 Å². The van der Waals surface area contributed by atoms with Gasteiger partial charge in [-0.3, -0.25) is 19.0 Å². The van der Waals surface area contributed by atoms with Gasteiger partial charge in [0.2, 0.25) is 11.8 Å². The molecule has 2 heterocycles. The summed E-state index contributed by atoms with van der Waals surface area (Å²) >= 11 is 1.44. The number of nitrogens with one attached hydrogen (secondary N) is 1. The van der Waals surface area contributed by atoms with Crippen LogP contribution in [0.15, 0.2) is 65.0 Å². The topological polar surface area (TPSA) is 84.3 Å². The smallest absolute Gasteiger partial charge is 0.262 e. The van der Waals surface area contributed by atoms with Crippen molar-refractivity contribution in [1.29, 1.82) is 0 Å². The summed E-state index contributed by atoms with van der Waals surface area (Å²) in [6.45, 7) is 6.70. The summed E-state index contributed by atoms with van der Waals surface area (Å²) in [7, 11) is 0. The van der Waals surface area contributed by atoms with Gasteiger partial charge in [0.25, 0.3) is 5.56 Å². The highest BCUT2D eigenvalue weighted by molar-refractivity contribution is 7.17. The van der Waals surface area contributed by atoms with Crippen molar-refractivity contribution in [2.45, 2.75) is 40.3 Å². The van der Waals surface area contributed by atoms with Gasteiger partial charge in [0.05, 0.1) is 11.7 Å². The number of thiophene rings is 1. The van der Waals surface area contributed by atoms with Crippen LogP contribution < -0.4 is 10.9 Å². The molecule has 2 aromatic heterocycles. The van der Waals surface area contributed by atoms with Crippen molar-refractivity contribution in [3.8, 4) is 11.1 Å². The van der Waals surface area contributed by atoms with Crippen molar-refractivity contribution >= 4 is 39.1 Å². The van der Waals surface area contributed by atoms with E-state index in [1.54, 1.807) is 4.90 Å². The Hall–Kier alpha value is -3.78. The van der Waals surface area contributed by atoms with E-state index in [2.05, 4.69) is 10.3 Å². The lowest BCUT2D eigenvalue weighted by Gasteiger charge is -2.21. The third-order valence-electron chi connectivity index (χ3n) is 5.98. The molecule has 0 bridgehead atoms. The summed E-state index contributed by atoms with van der Waals surface area (Å²) in [6.07, 6.45) is 1.63. The lowest BCUT2D eigenvalue weighted by molar-refractivity contribution is -0.129. The number of aromatic nitrogens is 2. The first-order valence-electron chi connectivity index (χ1n) is 11.5. The standard InChI is InChI=1S/C27H28N4O3S/c1-4-30(19(3)32)15-21-7-5-6-8-23(21)29-24(33)13-14-31-17-28-26-25(27(31)34)22(16-35-26)20-11-9-18(2)10-12-20/h5-12,16-17H,4,13-15H2,1-3H3,(H,29,33). The second-order valence-corrected chi connectivity index (χ2v) is 9.29. The van der Waals surface area contributed by atoms with Gasteiger partial charge in [-0.25, -0.2) is 4.98 Å². The third kappa shape index (κ3) is 5.49. The molecule has 7 nitrogen and oxygen atoms in total. The number of benzene rings is 2. The van der Waals surface area contributed by atoms with E-state index in [9.17, 15) is 14.4 Å². The van der Waals surface area contributed by atoms with E-state index in [-0.39, 0.29) is 30.3 Å². The summed E-state index contributed by atoms with van der Waals surface area (Å²) in [5.41, 5.74) is 4.36. The molecule has 180 valence electrons. The quantitative estimate of drug-likeness (QED) is 0.385. The van der Waals surface area contributed by atoms with Crippen LogP contribution in [0.4, 0.5) is 5.69 Å². The van der Waals surface area contributed by atoms with Crippen molar-refractivity contribution in [1.82, 2.24) is 14.5 Å². The molecule has 0 fully saturated rings. The lowest BCUT2D eigenvalue weighted by atomic mass is 10.1. The number of amides is 2. The monoisotopic (exact) mass is 488 g/mol. The van der Waals surface area contributed by atoms with Crippen molar-refractivity contribution in [3.05, 3.63) is 81.7 Å². The predicted molar refractivity (Wildman–Crippen MR) is 141 cm³/mol. The fraction of sp³-hybridized carbons (Fsp3) is 0.259. The summed E-state index contributed by atoms with van der Waals surface area (Å²) in [6, 6.07) is 15.5. The molecular formula is C27H28N4O3S. The second-order valence-electron chi connectivity index (χ2n) is 8.43. The Bertz CT molecular complexity index is 1420. The second kappa shape index (κ2) is 10.7. The van der Waals surface area contributed by atoms with Crippen LogP contribution in [0.5, 0.6) is 0 Å². The number of carbonyl (C=O) groups excluding carboxylic acids is 2. The van der Waals surface area contributed by atoms with Crippen molar-refractivity contribution in [3.63, 3.8) is 0 Å². The Morgan fingerprint density at radius 1 is 1.11 bits per heavy atom. The molecule has 4 rings (SSSR count). The molecule has 0 radical (unpaired) electrons. The Kier molecular flexibility index (Phi) is 7.41. The molecule has 0 unspecified atom stereocenters. The molecule has 0 atom stereocenters. The Morgan fingerprint density at radius 3 is 2.57 bits per heavy atom. The van der Waals surface area contributed by atoms with Crippen molar-refractivity contribution in [2.24, 2.45) is 0 Å². The molecule has 0 saturated heterocycles. The minimum atomic E-state index is -0.209. The molecule has 0 aliphatic carbocycles. The highest BCUT2D eigenvalue weighted by Crippen LogP contribution is 2.30. The van der Waals surface area contributed by atoms with Crippen LogP contribution in [0, 0.1) is 6.92 Å². The molecule has 0 aliphatic heterocycles. The first-order valence-corrected chi connectivity index (χ1v) is 12.4. The minimum Gasteiger partial charge on any atom is -0.339 e. The van der Waals surface area contributed by atoms with E-state index < -0.39 is 0 Å². The highest BCUT2D eigenvalue weighted by atomic mass is 32.1. The molecule has 0 aliphatic rings. The summed E-state index contributed by atoms with van der Waals surface area (Å²) in [5, 5.41) is 5.47. The lowest BCUT2D eigenvalue weighted by Crippen LogP contribution is -2.28. The molecule has 8 heteroatoms. The number of nitrogens with zero attached hydrogens (tertiary/aromatic N) is 3. The summed E-state index contributed by atoms with van der Waals surface area (Å²) in [4.78, 5) is 44.7. The summed E-state index contributed by atoms with van der Waals surface area (Å²) in [5.74, 6) is -0.228. The van der Waals surface area contributed by atoms with Crippen molar-refractivity contribution < 1.29 is 9.59 Å². The van der Waals surface area contributed by atoms with E-state index >= 15 is 0 Å². The predicted octanol–water partition coefficient (Wildman–Crippen LogP) is 4.83. The zero-order valence-corrected chi connectivity index (χ0v) is 20.9. The third-order valence-corrected chi connectivity index (χ3v) is 6.87. The SMILES string of the molecule is CCN(Cc1ccccc1NC(=O)CCn1cnc2scc(-c3ccc(C)cc3)c2c1=O)C(C)=O. The van der Waals surface area contributed by atoms with Gasteiger partial charge in [-0.2, -0.15) is 0 Å². The molecule has 2 aromatic carbocycles. The molecule has 2 amide bonds. The molecule has 0 spiro atoms. The van der Waals surface area contributed by atoms with Gasteiger partial charge in [-0.05, 0) is 31.0 Å². The zero-order chi connectivity index (χ0) is 24.9. The normalized spacial score (nSPS) is 10.9. The van der Waals surface area contributed by atoms with Crippen LogP contribution in [0.3, 0.4) is 0 Å². The van der Waals surface area contributed by atoms with Crippen LogP contribution >= 0.6 is 11.3 Å². The Labute approximate surface area is 208 Å². The van der Waals surface area contributed by atoms with E-state index in [1.807, 2.05) is 67.8 Å². The van der Waals surface area contributed by atoms with E-state index in [0.29, 0.717) is 29.0 Å². The van der Waals surface area contributed by atoms with Gasteiger partial charge < -0.3 is 10.2 Å². The number of rotatable bonds is 8. The fourth-order valence-electron chi connectivity index (χ4n) is 3.94. The number of carbonyl (C=O) groups is 2. The van der Waals surface area contributed by atoms with Gasteiger partial charge in [-0.1, -0.05) is 48.0 Å². The van der Waals surface area contributed by atoms with Gasteiger partial charge in [0, 0.05) is 49.6 Å². The van der Waals surface area contributed by atoms with Gasteiger partial charge in [0.1, 0.15) is 4.83 Å². The maximum absolute atomic E-state index is 13.3. The number of fused-ring (bicyclic) bond motifs is 1. The first-order chi connectivity index (χ1) is 16.9. The van der Waals surface area contributed by atoms with Crippen LogP contribution in [0.1, 0.15) is 31.4 Å². The van der Waals surface area contributed by atoms with E-state index in [0.717, 1.165) is 22.3 Å². The van der Waals surface area contributed by atoms with Crippen LogP contribution in [0.25, 0.3) is 21.3 Å². The zero-order valence-electron chi connectivity index (χ0n) is 20.1. The number of aryl methyl sites for hydroxylation is 2. The maximum atomic E-state index is 13.3. The van der Waals surface area contributed by atoms with Crippen LogP contribution in [0.2, 0.25) is 0 Å². The molecule has 0 saturated carbocycles. The molecular weight excluding hydrogens is 460 g/mol. The van der Waals surface area contributed by atoms with Crippen molar-refractivity contribution in [2.75, 3.05) is 11.9 Å². The largest absolute Gasteiger partial charge is 0.339 e. The van der Waals surface area contributed by atoms with Gasteiger partial charge in [0.15, 0.2) is 0 Å². The average Bonchev–Trinajstić information content (AvgIpc) is 3.28. The summed E-state index contributed by atoms with van der Waals surface area (Å²) < 4.78 is 1.49.